The summed E-state index contributed by atoms with van der Waals surface area (Å²) >= 11 is 0. The second-order valence-corrected chi connectivity index (χ2v) is 9.97. The highest BCUT2D eigenvalue weighted by Crippen LogP contribution is 2.36. The van der Waals surface area contributed by atoms with Crippen LogP contribution < -0.4 is 5.32 Å². The Balaban J connectivity index is 1.29. The topological polar surface area (TPSA) is 102 Å². The molecular weight excluding hydrogens is 526 g/mol. The maximum Gasteiger partial charge on any atom is 0.308 e. The van der Waals surface area contributed by atoms with E-state index >= 15 is 0 Å². The minimum absolute atomic E-state index is 0.0303. The van der Waals surface area contributed by atoms with Crippen LogP contribution in [0.5, 0.6) is 0 Å². The zero-order valence-electron chi connectivity index (χ0n) is 22.9. The van der Waals surface area contributed by atoms with Gasteiger partial charge >= 0.3 is 5.97 Å². The van der Waals surface area contributed by atoms with E-state index in [-0.39, 0.29) is 44.7 Å². The summed E-state index contributed by atoms with van der Waals surface area (Å²) in [5.41, 5.74) is 2.71. The fraction of sp³-hybridized carbons (Fsp3) is 0.375. The number of carbonyl (C=O) groups excluding carboxylic acids is 2. The van der Waals surface area contributed by atoms with Gasteiger partial charge in [-0.2, -0.15) is 0 Å². The van der Waals surface area contributed by atoms with Crippen LogP contribution >= 0.6 is 0 Å². The number of amides is 1. The Hall–Kier alpha value is -3.60. The van der Waals surface area contributed by atoms with Gasteiger partial charge in [0.25, 0.3) is 0 Å². The Morgan fingerprint density at radius 1 is 0.829 bits per heavy atom. The van der Waals surface area contributed by atoms with Gasteiger partial charge in [0.1, 0.15) is 31.0 Å². The molecule has 2 heterocycles. The molecule has 216 valence electrons. The lowest BCUT2D eigenvalue weighted by Crippen LogP contribution is -2.67. The van der Waals surface area contributed by atoms with Gasteiger partial charge in [0, 0.05) is 12.5 Å². The Kier molecular flexibility index (Phi) is 10.1. The lowest BCUT2D eigenvalue weighted by atomic mass is 9.95. The lowest BCUT2D eigenvalue weighted by Gasteiger charge is -2.49. The fourth-order valence-corrected chi connectivity index (χ4v) is 4.92. The van der Waals surface area contributed by atoms with Crippen molar-refractivity contribution in [1.82, 2.24) is 5.32 Å². The molecule has 6 atom stereocenters. The zero-order chi connectivity index (χ0) is 28.4. The summed E-state index contributed by atoms with van der Waals surface area (Å²) in [7, 11) is 0. The van der Waals surface area contributed by atoms with E-state index in [1.165, 1.54) is 6.92 Å². The highest BCUT2D eigenvalue weighted by atomic mass is 16.7. The standard InChI is InChI=1S/C32H35NO8/c1-22(34)33-28-30(36-18-17-27(35)37-19-23-11-5-2-6-12-23)29-26(21-39-31(41-29)25-15-9-4-10-16-25)40-32(28)38-20-24-13-7-3-8-14-24/h2-16,26,28-32H,17-21H2,1H3,(H,33,34)/t26-,28+,29-,30+,31+,32-/m1/s1. The molecule has 2 aliphatic heterocycles. The molecule has 9 heteroatoms. The Morgan fingerprint density at radius 2 is 1.46 bits per heavy atom. The van der Waals surface area contributed by atoms with Crippen molar-refractivity contribution in [1.29, 1.82) is 0 Å². The summed E-state index contributed by atoms with van der Waals surface area (Å²) in [5.74, 6) is -0.659. The Morgan fingerprint density at radius 3 is 2.12 bits per heavy atom. The van der Waals surface area contributed by atoms with Crippen molar-refractivity contribution in [3.63, 3.8) is 0 Å². The zero-order valence-corrected chi connectivity index (χ0v) is 22.9. The maximum atomic E-state index is 12.5. The molecule has 0 spiro atoms. The largest absolute Gasteiger partial charge is 0.461 e. The van der Waals surface area contributed by atoms with Crippen molar-refractivity contribution in [3.8, 4) is 0 Å². The number of hydrogen-bond donors (Lipinski definition) is 1. The molecule has 2 aliphatic rings. The van der Waals surface area contributed by atoms with Gasteiger partial charge in [-0.1, -0.05) is 91.0 Å². The first-order valence-corrected chi connectivity index (χ1v) is 13.8. The van der Waals surface area contributed by atoms with E-state index in [9.17, 15) is 9.59 Å². The first kappa shape index (κ1) is 28.9. The first-order valence-electron chi connectivity index (χ1n) is 13.8. The summed E-state index contributed by atoms with van der Waals surface area (Å²) in [6.45, 7) is 2.18. The summed E-state index contributed by atoms with van der Waals surface area (Å²) < 4.78 is 36.6. The van der Waals surface area contributed by atoms with Crippen molar-refractivity contribution >= 4 is 11.9 Å². The van der Waals surface area contributed by atoms with Gasteiger partial charge in [-0.3, -0.25) is 9.59 Å². The molecule has 0 bridgehead atoms. The SMILES string of the molecule is CC(=O)N[C@@H]1[C@H](OCc2ccccc2)O[C@@H]2CO[C@H](c3ccccc3)O[C@H]2[C@H]1OCCC(=O)OCc1ccccc1. The van der Waals surface area contributed by atoms with Crippen molar-refractivity contribution in [3.05, 3.63) is 108 Å². The number of benzene rings is 3. The Bertz CT molecular complexity index is 1240. The third-order valence-electron chi connectivity index (χ3n) is 6.90. The van der Waals surface area contributed by atoms with Crippen LogP contribution in [0.3, 0.4) is 0 Å². The molecular formula is C32H35NO8. The molecule has 5 rings (SSSR count). The average Bonchev–Trinajstić information content (AvgIpc) is 3.01. The van der Waals surface area contributed by atoms with Crippen molar-refractivity contribution < 1.29 is 38.0 Å². The van der Waals surface area contributed by atoms with Crippen LogP contribution in [-0.2, 0) is 51.2 Å². The van der Waals surface area contributed by atoms with Crippen molar-refractivity contribution in [2.45, 2.75) is 63.5 Å². The summed E-state index contributed by atoms with van der Waals surface area (Å²) in [5, 5.41) is 2.94. The third kappa shape index (κ3) is 8.00. The molecule has 0 radical (unpaired) electrons. The highest BCUT2D eigenvalue weighted by Gasteiger charge is 2.51. The molecule has 41 heavy (non-hydrogen) atoms. The lowest BCUT2D eigenvalue weighted by molar-refractivity contribution is -0.349. The molecule has 3 aromatic carbocycles. The van der Waals surface area contributed by atoms with Crippen LogP contribution in [0.25, 0.3) is 0 Å². The monoisotopic (exact) mass is 561 g/mol. The van der Waals surface area contributed by atoms with E-state index in [4.69, 9.17) is 28.4 Å². The van der Waals surface area contributed by atoms with E-state index in [0.29, 0.717) is 0 Å². The normalized spacial score (nSPS) is 25.6. The van der Waals surface area contributed by atoms with E-state index in [2.05, 4.69) is 5.32 Å². The van der Waals surface area contributed by atoms with Gasteiger partial charge in [0.2, 0.25) is 5.91 Å². The van der Waals surface area contributed by atoms with Crippen LogP contribution in [0.15, 0.2) is 91.0 Å². The second kappa shape index (κ2) is 14.3. The molecule has 3 aromatic rings. The average molecular weight is 562 g/mol. The number of hydrogen-bond acceptors (Lipinski definition) is 8. The fourth-order valence-electron chi connectivity index (χ4n) is 4.92. The quantitative estimate of drug-likeness (QED) is 0.350. The minimum Gasteiger partial charge on any atom is -0.461 e. The molecule has 0 aliphatic carbocycles. The molecule has 2 fully saturated rings. The van der Waals surface area contributed by atoms with Crippen LogP contribution in [-0.4, -0.2) is 55.7 Å². The number of ether oxygens (including phenoxy) is 6. The highest BCUT2D eigenvalue weighted by molar-refractivity contribution is 5.73. The van der Waals surface area contributed by atoms with E-state index in [1.54, 1.807) is 0 Å². The molecule has 0 unspecified atom stereocenters. The van der Waals surface area contributed by atoms with Gasteiger partial charge in [-0.25, -0.2) is 0 Å². The number of carbonyl (C=O) groups is 2. The Labute approximate surface area is 239 Å². The van der Waals surface area contributed by atoms with Crippen LogP contribution in [0.2, 0.25) is 0 Å². The van der Waals surface area contributed by atoms with Crippen LogP contribution in [0.4, 0.5) is 0 Å². The van der Waals surface area contributed by atoms with E-state index < -0.39 is 36.9 Å². The number of nitrogens with one attached hydrogen (secondary N) is 1. The smallest absolute Gasteiger partial charge is 0.308 e. The minimum atomic E-state index is -0.837. The molecule has 0 saturated carbocycles. The molecule has 1 N–H and O–H groups in total. The third-order valence-corrected chi connectivity index (χ3v) is 6.90. The second-order valence-electron chi connectivity index (χ2n) is 9.97. The van der Waals surface area contributed by atoms with Gasteiger partial charge in [0.05, 0.1) is 26.2 Å². The predicted octanol–water partition coefficient (Wildman–Crippen LogP) is 4.07. The number of esters is 1. The van der Waals surface area contributed by atoms with Crippen molar-refractivity contribution in [2.24, 2.45) is 0 Å². The summed E-state index contributed by atoms with van der Waals surface area (Å²) in [6, 6.07) is 28.0. The molecule has 0 aromatic heterocycles. The van der Waals surface area contributed by atoms with Gasteiger partial charge in [-0.05, 0) is 11.1 Å². The van der Waals surface area contributed by atoms with Gasteiger partial charge < -0.3 is 33.7 Å². The summed E-state index contributed by atoms with van der Waals surface area (Å²) in [6.07, 6.45) is -3.24. The van der Waals surface area contributed by atoms with E-state index in [0.717, 1.165) is 16.7 Å². The molecule has 2 saturated heterocycles. The van der Waals surface area contributed by atoms with Crippen LogP contribution in [0, 0.1) is 0 Å². The number of fused-ring (bicyclic) bond motifs is 1. The predicted molar refractivity (Wildman–Crippen MR) is 148 cm³/mol. The molecule has 1 amide bonds. The molecule has 9 nitrogen and oxygen atoms in total. The van der Waals surface area contributed by atoms with Crippen LogP contribution in [0.1, 0.15) is 36.3 Å². The van der Waals surface area contributed by atoms with E-state index in [1.807, 2.05) is 91.0 Å². The van der Waals surface area contributed by atoms with Gasteiger partial charge in [-0.15, -0.1) is 0 Å². The van der Waals surface area contributed by atoms with Gasteiger partial charge in [0.15, 0.2) is 12.6 Å². The summed E-state index contributed by atoms with van der Waals surface area (Å²) in [4.78, 5) is 24.8. The maximum absolute atomic E-state index is 12.5. The first-order chi connectivity index (χ1) is 20.1. The number of rotatable bonds is 11. The van der Waals surface area contributed by atoms with Crippen molar-refractivity contribution in [2.75, 3.05) is 13.2 Å².